The number of nitro benzene ring substituents is 1. The second-order valence-corrected chi connectivity index (χ2v) is 3.94. The van der Waals surface area contributed by atoms with E-state index in [4.69, 9.17) is 4.74 Å². The Morgan fingerprint density at radius 3 is 2.64 bits per heavy atom. The lowest BCUT2D eigenvalue weighted by molar-refractivity contribution is -0.385. The van der Waals surface area contributed by atoms with Gasteiger partial charge >= 0.3 is 12.1 Å². The van der Waals surface area contributed by atoms with Crippen molar-refractivity contribution in [1.82, 2.24) is 5.43 Å². The third-order valence-electron chi connectivity index (χ3n) is 2.52. The number of nitrogens with one attached hydrogen (secondary N) is 1. The van der Waals surface area contributed by atoms with Gasteiger partial charge in [0.05, 0.1) is 18.6 Å². The normalized spacial score (nSPS) is 10.7. The van der Waals surface area contributed by atoms with E-state index in [1.165, 1.54) is 18.2 Å². The SMILES string of the molecule is CCOC(=O)/C(Cc1ccccc1[N+](=O)[O-])=N/NC(=O)OC. The summed E-state index contributed by atoms with van der Waals surface area (Å²) in [4.78, 5) is 33.2. The Morgan fingerprint density at radius 2 is 2.05 bits per heavy atom. The van der Waals surface area contributed by atoms with Gasteiger partial charge in [0, 0.05) is 18.1 Å². The number of carbonyl (C=O) groups excluding carboxylic acids is 2. The standard InChI is InChI=1S/C13H15N3O6/c1-3-22-12(17)10(14-15-13(18)21-2)8-9-6-4-5-7-11(9)16(19)20/h4-7H,3,8H2,1-2H3,(H,15,18)/b14-10+. The molecule has 0 saturated carbocycles. The van der Waals surface area contributed by atoms with Crippen molar-refractivity contribution in [2.75, 3.05) is 13.7 Å². The van der Waals surface area contributed by atoms with E-state index in [0.29, 0.717) is 0 Å². The lowest BCUT2D eigenvalue weighted by Gasteiger charge is -2.07. The molecular formula is C13H15N3O6. The minimum atomic E-state index is -0.871. The Morgan fingerprint density at radius 1 is 1.36 bits per heavy atom. The zero-order chi connectivity index (χ0) is 16.5. The van der Waals surface area contributed by atoms with Crippen LogP contribution in [0.25, 0.3) is 0 Å². The average molecular weight is 309 g/mol. The molecule has 9 heteroatoms. The number of carbonyl (C=O) groups is 2. The van der Waals surface area contributed by atoms with E-state index in [1.54, 1.807) is 13.0 Å². The number of para-hydroxylation sites is 1. The second kappa shape index (κ2) is 8.35. The van der Waals surface area contributed by atoms with Crippen LogP contribution in [0.4, 0.5) is 10.5 Å². The number of benzene rings is 1. The van der Waals surface area contributed by atoms with Crippen LogP contribution in [-0.2, 0) is 20.7 Å². The van der Waals surface area contributed by atoms with Gasteiger partial charge in [-0.1, -0.05) is 18.2 Å². The third-order valence-corrected chi connectivity index (χ3v) is 2.52. The molecule has 1 aromatic rings. The number of hydrogen-bond acceptors (Lipinski definition) is 7. The number of amides is 1. The molecule has 118 valence electrons. The van der Waals surface area contributed by atoms with Gasteiger partial charge in [0.25, 0.3) is 5.69 Å². The molecule has 0 fully saturated rings. The Hall–Kier alpha value is -2.97. The van der Waals surface area contributed by atoms with Crippen molar-refractivity contribution < 1.29 is 24.0 Å². The van der Waals surface area contributed by atoms with Crippen LogP contribution in [0.5, 0.6) is 0 Å². The van der Waals surface area contributed by atoms with Crippen molar-refractivity contribution in [1.29, 1.82) is 0 Å². The van der Waals surface area contributed by atoms with Gasteiger partial charge in [-0.3, -0.25) is 10.1 Å². The van der Waals surface area contributed by atoms with Crippen molar-refractivity contribution in [3.63, 3.8) is 0 Å². The summed E-state index contributed by atoms with van der Waals surface area (Å²) < 4.78 is 9.15. The van der Waals surface area contributed by atoms with Gasteiger partial charge in [-0.2, -0.15) is 5.10 Å². The summed E-state index contributed by atoms with van der Waals surface area (Å²) in [5.74, 6) is -0.781. The van der Waals surface area contributed by atoms with E-state index in [9.17, 15) is 19.7 Å². The molecule has 1 rings (SSSR count). The molecule has 0 aromatic heterocycles. The van der Waals surface area contributed by atoms with Gasteiger partial charge in [0.2, 0.25) is 0 Å². The molecule has 1 amide bonds. The highest BCUT2D eigenvalue weighted by Crippen LogP contribution is 2.18. The Labute approximate surface area is 126 Å². The highest BCUT2D eigenvalue weighted by Gasteiger charge is 2.20. The first-order valence-electron chi connectivity index (χ1n) is 6.29. The molecule has 1 aromatic carbocycles. The van der Waals surface area contributed by atoms with Crippen LogP contribution in [0.2, 0.25) is 0 Å². The highest BCUT2D eigenvalue weighted by molar-refractivity contribution is 6.37. The van der Waals surface area contributed by atoms with Gasteiger partial charge in [-0.05, 0) is 6.92 Å². The second-order valence-electron chi connectivity index (χ2n) is 3.94. The van der Waals surface area contributed by atoms with Crippen molar-refractivity contribution >= 4 is 23.5 Å². The van der Waals surface area contributed by atoms with Gasteiger partial charge in [-0.25, -0.2) is 15.0 Å². The summed E-state index contributed by atoms with van der Waals surface area (Å²) >= 11 is 0. The molecule has 1 N–H and O–H groups in total. The summed E-state index contributed by atoms with van der Waals surface area (Å²) in [7, 11) is 1.14. The fourth-order valence-electron chi connectivity index (χ4n) is 1.55. The molecule has 0 aliphatic carbocycles. The van der Waals surface area contributed by atoms with Crippen LogP contribution < -0.4 is 5.43 Å². The lowest BCUT2D eigenvalue weighted by Crippen LogP contribution is -2.26. The van der Waals surface area contributed by atoms with Crippen molar-refractivity contribution in [2.24, 2.45) is 5.10 Å². The molecule has 0 spiro atoms. The highest BCUT2D eigenvalue weighted by atomic mass is 16.6. The third kappa shape index (κ3) is 4.85. The van der Waals surface area contributed by atoms with Gasteiger partial charge in [0.1, 0.15) is 0 Å². The molecular weight excluding hydrogens is 294 g/mol. The monoisotopic (exact) mass is 309 g/mol. The quantitative estimate of drug-likeness (QED) is 0.367. The van der Waals surface area contributed by atoms with E-state index in [1.807, 2.05) is 5.43 Å². The predicted molar refractivity (Wildman–Crippen MR) is 76.4 cm³/mol. The maximum Gasteiger partial charge on any atom is 0.427 e. The summed E-state index contributed by atoms with van der Waals surface area (Å²) in [5, 5.41) is 14.6. The summed E-state index contributed by atoms with van der Waals surface area (Å²) in [5.41, 5.74) is 1.93. The summed E-state index contributed by atoms with van der Waals surface area (Å²) in [6.45, 7) is 1.71. The van der Waals surface area contributed by atoms with Crippen LogP contribution in [0, 0.1) is 10.1 Å². The van der Waals surface area contributed by atoms with Crippen molar-refractivity contribution in [3.8, 4) is 0 Å². The average Bonchev–Trinajstić information content (AvgIpc) is 2.51. The molecule has 0 aliphatic rings. The van der Waals surface area contributed by atoms with E-state index in [-0.39, 0.29) is 30.0 Å². The van der Waals surface area contributed by atoms with Crippen molar-refractivity contribution in [2.45, 2.75) is 13.3 Å². The first-order chi connectivity index (χ1) is 10.5. The number of hydrogen-bond donors (Lipinski definition) is 1. The van der Waals surface area contributed by atoms with Gasteiger partial charge in [-0.15, -0.1) is 0 Å². The fourth-order valence-corrected chi connectivity index (χ4v) is 1.55. The number of ether oxygens (including phenoxy) is 2. The topological polar surface area (TPSA) is 120 Å². The first kappa shape index (κ1) is 17.1. The lowest BCUT2D eigenvalue weighted by atomic mass is 10.1. The van der Waals surface area contributed by atoms with E-state index in [0.717, 1.165) is 7.11 Å². The molecule has 0 aliphatic heterocycles. The molecule has 0 unspecified atom stereocenters. The Kier molecular flexibility index (Phi) is 6.48. The van der Waals surface area contributed by atoms with Crippen LogP contribution in [0.1, 0.15) is 12.5 Å². The molecule has 0 saturated heterocycles. The number of esters is 1. The van der Waals surface area contributed by atoms with E-state index >= 15 is 0 Å². The Bertz CT molecular complexity index is 599. The number of nitrogens with zero attached hydrogens (tertiary/aromatic N) is 2. The zero-order valence-electron chi connectivity index (χ0n) is 12.1. The number of rotatable bonds is 6. The minimum Gasteiger partial charge on any atom is -0.461 e. The number of methoxy groups -OCH3 is 1. The first-order valence-corrected chi connectivity index (χ1v) is 6.29. The molecule has 0 radical (unpaired) electrons. The fraction of sp³-hybridized carbons (Fsp3) is 0.308. The minimum absolute atomic E-state index is 0.104. The maximum absolute atomic E-state index is 11.8. The smallest absolute Gasteiger partial charge is 0.427 e. The molecule has 0 atom stereocenters. The molecule has 9 nitrogen and oxygen atoms in total. The van der Waals surface area contributed by atoms with Gasteiger partial charge in [0.15, 0.2) is 5.71 Å². The number of nitro groups is 1. The maximum atomic E-state index is 11.8. The predicted octanol–water partition coefficient (Wildman–Crippen LogP) is 1.41. The van der Waals surface area contributed by atoms with E-state index < -0.39 is 17.0 Å². The number of hydrazone groups is 1. The molecule has 0 bridgehead atoms. The summed E-state index contributed by atoms with van der Waals surface area (Å²) in [6, 6.07) is 5.91. The molecule has 22 heavy (non-hydrogen) atoms. The van der Waals surface area contributed by atoms with Crippen LogP contribution in [-0.4, -0.2) is 36.4 Å². The molecule has 0 heterocycles. The van der Waals surface area contributed by atoms with Crippen LogP contribution >= 0.6 is 0 Å². The zero-order valence-corrected chi connectivity index (χ0v) is 12.1. The van der Waals surface area contributed by atoms with Crippen molar-refractivity contribution in [3.05, 3.63) is 39.9 Å². The van der Waals surface area contributed by atoms with Gasteiger partial charge < -0.3 is 9.47 Å². The van der Waals surface area contributed by atoms with Crippen LogP contribution in [0.15, 0.2) is 29.4 Å². The van der Waals surface area contributed by atoms with E-state index in [2.05, 4.69) is 9.84 Å². The summed E-state index contributed by atoms with van der Waals surface area (Å²) in [6.07, 6.45) is -1.04. The largest absolute Gasteiger partial charge is 0.461 e. The Balaban J connectivity index is 3.05. The van der Waals surface area contributed by atoms with Crippen LogP contribution in [0.3, 0.4) is 0 Å².